The van der Waals surface area contributed by atoms with E-state index in [0.717, 1.165) is 24.6 Å². The van der Waals surface area contributed by atoms with Crippen molar-refractivity contribution >= 4 is 0 Å². The van der Waals surface area contributed by atoms with Crippen LogP contribution < -0.4 is 0 Å². The normalized spacial score (nSPS) is 28.8. The minimum atomic E-state index is 0.258. The molecule has 0 spiro atoms. The molecule has 2 aromatic rings. The van der Waals surface area contributed by atoms with E-state index in [1.54, 1.807) is 0 Å². The van der Waals surface area contributed by atoms with Gasteiger partial charge in [0.15, 0.2) is 0 Å². The smallest absolute Gasteiger partial charge is 0.0593 e. The van der Waals surface area contributed by atoms with E-state index in [4.69, 9.17) is 0 Å². The zero-order valence-electron chi connectivity index (χ0n) is 16.6. The van der Waals surface area contributed by atoms with Gasteiger partial charge in [-0.25, -0.2) is 0 Å². The van der Waals surface area contributed by atoms with Gasteiger partial charge in [-0.05, 0) is 67.4 Å². The van der Waals surface area contributed by atoms with Crippen molar-refractivity contribution < 1.29 is 5.11 Å². The molecule has 1 N–H and O–H groups in total. The third-order valence-corrected chi connectivity index (χ3v) is 6.96. The molecule has 3 aliphatic rings. The molecule has 3 heterocycles. The minimum Gasteiger partial charge on any atom is -0.395 e. The molecule has 28 heavy (non-hydrogen) atoms. The number of aromatic nitrogens is 1. The zero-order chi connectivity index (χ0) is 18.9. The standard InChI is InChI=1S/C24H31N3O/c28-17-23-24(20-9-7-19(8-10-20)21-4-3-11-25-14-21)22-16-26(15-18-5-6-18)12-1-2-13-27(22)23/h3-4,7-11,14,18,22-24,28H,1-2,5-6,12-13,15-17H2/t22-,23-,24+/m1/s1. The Morgan fingerprint density at radius 2 is 1.82 bits per heavy atom. The molecule has 148 valence electrons. The van der Waals surface area contributed by atoms with E-state index in [9.17, 15) is 5.11 Å². The van der Waals surface area contributed by atoms with Gasteiger partial charge >= 0.3 is 0 Å². The number of benzene rings is 1. The molecule has 4 heteroatoms. The fourth-order valence-electron chi connectivity index (χ4n) is 5.27. The third kappa shape index (κ3) is 3.61. The lowest BCUT2D eigenvalue weighted by Gasteiger charge is -2.57. The van der Waals surface area contributed by atoms with Crippen molar-refractivity contribution in [2.45, 2.75) is 43.7 Å². The second-order valence-electron chi connectivity index (χ2n) is 8.85. The first-order valence-corrected chi connectivity index (χ1v) is 10.9. The van der Waals surface area contributed by atoms with Crippen LogP contribution in [-0.4, -0.2) is 64.8 Å². The Kier molecular flexibility index (Phi) is 5.19. The van der Waals surface area contributed by atoms with Crippen molar-refractivity contribution in [3.8, 4) is 11.1 Å². The monoisotopic (exact) mass is 377 g/mol. The summed E-state index contributed by atoms with van der Waals surface area (Å²) < 4.78 is 0. The second-order valence-corrected chi connectivity index (χ2v) is 8.85. The molecule has 0 unspecified atom stereocenters. The number of rotatable bonds is 5. The molecule has 0 amide bonds. The van der Waals surface area contributed by atoms with E-state index >= 15 is 0 Å². The van der Waals surface area contributed by atoms with Gasteiger partial charge in [-0.2, -0.15) is 0 Å². The van der Waals surface area contributed by atoms with Crippen molar-refractivity contribution in [2.24, 2.45) is 5.92 Å². The molecule has 0 bridgehead atoms. The summed E-state index contributed by atoms with van der Waals surface area (Å²) in [5.41, 5.74) is 3.74. The van der Waals surface area contributed by atoms with E-state index in [2.05, 4.69) is 45.1 Å². The summed E-state index contributed by atoms with van der Waals surface area (Å²) in [6.07, 6.45) is 9.11. The molecule has 3 fully saturated rings. The van der Waals surface area contributed by atoms with Gasteiger partial charge in [0.05, 0.1) is 6.61 Å². The molecule has 1 aromatic heterocycles. The van der Waals surface area contributed by atoms with Crippen molar-refractivity contribution in [3.63, 3.8) is 0 Å². The van der Waals surface area contributed by atoms with Gasteiger partial charge < -0.3 is 10.0 Å². The molecule has 1 aromatic carbocycles. The SMILES string of the molecule is OC[C@@H]1[C@@H](c2ccc(-c3cccnc3)cc2)[C@H]2CN(CC3CC3)CCCCN12. The van der Waals surface area contributed by atoms with Crippen LogP contribution in [0.4, 0.5) is 0 Å². The molecule has 0 radical (unpaired) electrons. The van der Waals surface area contributed by atoms with Crippen LogP contribution in [0.25, 0.3) is 11.1 Å². The molecule has 4 nitrogen and oxygen atoms in total. The van der Waals surface area contributed by atoms with Gasteiger partial charge in [0.2, 0.25) is 0 Å². The van der Waals surface area contributed by atoms with Gasteiger partial charge in [0, 0.05) is 43.5 Å². The predicted molar refractivity (Wildman–Crippen MR) is 112 cm³/mol. The highest BCUT2D eigenvalue weighted by atomic mass is 16.3. The van der Waals surface area contributed by atoms with Crippen LogP contribution in [0.1, 0.15) is 37.2 Å². The first-order chi connectivity index (χ1) is 13.8. The molecule has 2 saturated heterocycles. The molecular formula is C24H31N3O. The lowest BCUT2D eigenvalue weighted by atomic mass is 9.74. The second kappa shape index (κ2) is 7.94. The van der Waals surface area contributed by atoms with Crippen LogP contribution in [0.3, 0.4) is 0 Å². The topological polar surface area (TPSA) is 39.6 Å². The van der Waals surface area contributed by atoms with E-state index in [1.165, 1.54) is 49.9 Å². The molecule has 5 rings (SSSR count). The van der Waals surface area contributed by atoms with Gasteiger partial charge in [-0.3, -0.25) is 9.88 Å². The molecule has 2 aliphatic heterocycles. The van der Waals surface area contributed by atoms with Crippen LogP contribution in [0.2, 0.25) is 0 Å². The predicted octanol–water partition coefficient (Wildman–Crippen LogP) is 3.38. The van der Waals surface area contributed by atoms with E-state index < -0.39 is 0 Å². The Morgan fingerprint density at radius 3 is 2.54 bits per heavy atom. The van der Waals surface area contributed by atoms with Gasteiger partial charge in [0.1, 0.15) is 0 Å². The fourth-order valence-corrected chi connectivity index (χ4v) is 5.27. The Hall–Kier alpha value is -1.75. The van der Waals surface area contributed by atoms with Crippen molar-refractivity contribution in [2.75, 3.05) is 32.8 Å². The number of pyridine rings is 1. The number of aliphatic hydroxyl groups excluding tert-OH is 1. The van der Waals surface area contributed by atoms with Crippen LogP contribution in [0.5, 0.6) is 0 Å². The number of hydrogen-bond acceptors (Lipinski definition) is 4. The Balaban J connectivity index is 1.36. The summed E-state index contributed by atoms with van der Waals surface area (Å²) in [4.78, 5) is 9.53. The Morgan fingerprint density at radius 1 is 1.00 bits per heavy atom. The van der Waals surface area contributed by atoms with Crippen LogP contribution in [0.15, 0.2) is 48.8 Å². The number of hydrogen-bond donors (Lipinski definition) is 1. The van der Waals surface area contributed by atoms with E-state index in [0.29, 0.717) is 12.0 Å². The number of nitrogens with zero attached hydrogens (tertiary/aromatic N) is 3. The minimum absolute atomic E-state index is 0.258. The fraction of sp³-hybridized carbons (Fsp3) is 0.542. The maximum absolute atomic E-state index is 10.1. The maximum atomic E-state index is 10.1. The first-order valence-electron chi connectivity index (χ1n) is 10.9. The van der Waals surface area contributed by atoms with Gasteiger partial charge in [0.25, 0.3) is 0 Å². The summed E-state index contributed by atoms with van der Waals surface area (Å²) in [6.45, 7) is 5.08. The highest BCUT2D eigenvalue weighted by molar-refractivity contribution is 5.62. The molecule has 3 atom stereocenters. The van der Waals surface area contributed by atoms with E-state index in [-0.39, 0.29) is 12.6 Å². The van der Waals surface area contributed by atoms with Gasteiger partial charge in [-0.15, -0.1) is 0 Å². The molecule has 1 saturated carbocycles. The lowest BCUT2D eigenvalue weighted by Crippen LogP contribution is -2.67. The summed E-state index contributed by atoms with van der Waals surface area (Å²) in [5.74, 6) is 1.38. The Labute approximate surface area is 168 Å². The third-order valence-electron chi connectivity index (χ3n) is 6.96. The number of aliphatic hydroxyl groups is 1. The maximum Gasteiger partial charge on any atom is 0.0593 e. The summed E-state index contributed by atoms with van der Waals surface area (Å²) in [6, 6.07) is 13.9. The quantitative estimate of drug-likeness (QED) is 0.867. The average Bonchev–Trinajstić information content (AvgIpc) is 3.54. The van der Waals surface area contributed by atoms with Crippen LogP contribution in [0, 0.1) is 5.92 Å². The van der Waals surface area contributed by atoms with Crippen molar-refractivity contribution in [1.29, 1.82) is 0 Å². The summed E-state index contributed by atoms with van der Waals surface area (Å²) in [7, 11) is 0. The summed E-state index contributed by atoms with van der Waals surface area (Å²) >= 11 is 0. The zero-order valence-corrected chi connectivity index (χ0v) is 16.6. The van der Waals surface area contributed by atoms with Crippen LogP contribution in [-0.2, 0) is 0 Å². The highest BCUT2D eigenvalue weighted by Gasteiger charge is 2.49. The largest absolute Gasteiger partial charge is 0.395 e. The first kappa shape index (κ1) is 18.3. The van der Waals surface area contributed by atoms with Crippen LogP contribution >= 0.6 is 0 Å². The Bertz CT molecular complexity index is 774. The van der Waals surface area contributed by atoms with Crippen molar-refractivity contribution in [1.82, 2.24) is 14.8 Å². The number of fused-ring (bicyclic) bond motifs is 1. The molecular weight excluding hydrogens is 346 g/mol. The van der Waals surface area contributed by atoms with Crippen molar-refractivity contribution in [3.05, 3.63) is 54.4 Å². The average molecular weight is 378 g/mol. The summed E-state index contributed by atoms with van der Waals surface area (Å²) in [5, 5.41) is 10.1. The highest BCUT2D eigenvalue weighted by Crippen LogP contribution is 2.42. The van der Waals surface area contributed by atoms with Gasteiger partial charge in [-0.1, -0.05) is 30.3 Å². The molecule has 1 aliphatic carbocycles. The van der Waals surface area contributed by atoms with E-state index in [1.807, 2.05) is 18.5 Å². The lowest BCUT2D eigenvalue weighted by molar-refractivity contribution is -0.0649.